The van der Waals surface area contributed by atoms with Crippen LogP contribution in [0.5, 0.6) is 0 Å². The zero-order valence-corrected chi connectivity index (χ0v) is 14.1. The molecule has 2 aromatic rings. The third-order valence-electron chi connectivity index (χ3n) is 4.49. The Kier molecular flexibility index (Phi) is 4.46. The summed E-state index contributed by atoms with van der Waals surface area (Å²) >= 11 is 0. The average Bonchev–Trinajstić information content (AvgIpc) is 3.05. The topological polar surface area (TPSA) is 15.6 Å². The van der Waals surface area contributed by atoms with Crippen molar-refractivity contribution < 1.29 is 4.39 Å². The van der Waals surface area contributed by atoms with Crippen LogP contribution in [-0.4, -0.2) is 19.3 Å². The van der Waals surface area contributed by atoms with Crippen molar-refractivity contribution >= 4 is 17.6 Å². The summed E-state index contributed by atoms with van der Waals surface area (Å²) in [6.45, 7) is 8.01. The third kappa shape index (κ3) is 3.44. The Bertz CT molecular complexity index is 744. The van der Waals surface area contributed by atoms with Gasteiger partial charge in [0.05, 0.1) is 11.4 Å². The van der Waals surface area contributed by atoms with Crippen LogP contribution >= 0.6 is 0 Å². The Labute approximate surface area is 137 Å². The number of aliphatic imine (C=N–C) groups is 1. The van der Waals surface area contributed by atoms with Gasteiger partial charge in [-0.3, -0.25) is 4.99 Å². The Morgan fingerprint density at radius 1 is 1.00 bits per heavy atom. The fourth-order valence-corrected chi connectivity index (χ4v) is 3.02. The lowest BCUT2D eigenvalue weighted by atomic mass is 10.1. The lowest BCUT2D eigenvalue weighted by Gasteiger charge is -2.19. The Hall–Kier alpha value is -2.16. The Morgan fingerprint density at radius 3 is 2.48 bits per heavy atom. The lowest BCUT2D eigenvalue weighted by molar-refractivity contribution is 0.622. The summed E-state index contributed by atoms with van der Waals surface area (Å²) in [5, 5.41) is 0. The molecule has 1 heterocycles. The molecule has 0 radical (unpaired) electrons. The van der Waals surface area contributed by atoms with Crippen molar-refractivity contribution in [2.75, 3.05) is 18.0 Å². The molecular formula is C20H23FN2. The van der Waals surface area contributed by atoms with Crippen molar-refractivity contribution in [3.63, 3.8) is 0 Å². The quantitative estimate of drug-likeness (QED) is 0.720. The lowest BCUT2D eigenvalue weighted by Crippen LogP contribution is -2.19. The summed E-state index contributed by atoms with van der Waals surface area (Å²) in [5.74, 6) is -0.153. The monoisotopic (exact) mass is 310 g/mol. The maximum absolute atomic E-state index is 14.4. The maximum atomic E-state index is 14.4. The summed E-state index contributed by atoms with van der Waals surface area (Å²) in [6.07, 6.45) is 4.07. The van der Waals surface area contributed by atoms with Crippen molar-refractivity contribution in [3.8, 4) is 0 Å². The number of hydrogen-bond acceptors (Lipinski definition) is 2. The number of benzene rings is 2. The minimum absolute atomic E-state index is 0.153. The van der Waals surface area contributed by atoms with Crippen LogP contribution in [0.25, 0.3) is 0 Å². The van der Waals surface area contributed by atoms with Crippen LogP contribution in [0.1, 0.15) is 35.1 Å². The molecule has 1 aliphatic heterocycles. The standard InChI is InChI=1S/C20H23FN2/c1-14-6-7-15(2)19(10-14)22-13-17-12-18(21)20(11-16(17)3)23-8-4-5-9-23/h6-7,10-13H,4-5,8-9H2,1-3H3. The molecule has 1 aliphatic rings. The van der Waals surface area contributed by atoms with Crippen LogP contribution in [0.2, 0.25) is 0 Å². The summed E-state index contributed by atoms with van der Waals surface area (Å²) in [5.41, 5.74) is 5.86. The van der Waals surface area contributed by atoms with Crippen molar-refractivity contribution in [2.24, 2.45) is 4.99 Å². The normalized spacial score (nSPS) is 14.9. The first-order valence-electron chi connectivity index (χ1n) is 8.21. The molecule has 0 bridgehead atoms. The molecule has 0 N–H and O–H groups in total. The van der Waals surface area contributed by atoms with Crippen molar-refractivity contribution in [2.45, 2.75) is 33.6 Å². The second-order valence-corrected chi connectivity index (χ2v) is 6.40. The van der Waals surface area contributed by atoms with Gasteiger partial charge in [0.1, 0.15) is 5.82 Å². The molecule has 3 heteroatoms. The molecule has 0 aliphatic carbocycles. The third-order valence-corrected chi connectivity index (χ3v) is 4.49. The molecule has 0 atom stereocenters. The van der Waals surface area contributed by atoms with Gasteiger partial charge in [0.25, 0.3) is 0 Å². The van der Waals surface area contributed by atoms with Gasteiger partial charge in [-0.05, 0) is 74.1 Å². The van der Waals surface area contributed by atoms with Gasteiger partial charge in [0.2, 0.25) is 0 Å². The summed E-state index contributed by atoms with van der Waals surface area (Å²) < 4.78 is 14.4. The van der Waals surface area contributed by atoms with E-state index < -0.39 is 0 Å². The van der Waals surface area contributed by atoms with Gasteiger partial charge in [-0.25, -0.2) is 4.39 Å². The van der Waals surface area contributed by atoms with Crippen LogP contribution in [0.4, 0.5) is 15.8 Å². The van der Waals surface area contributed by atoms with Gasteiger partial charge >= 0.3 is 0 Å². The van der Waals surface area contributed by atoms with Gasteiger partial charge in [0, 0.05) is 19.3 Å². The average molecular weight is 310 g/mol. The molecule has 0 spiro atoms. The number of halogens is 1. The molecule has 23 heavy (non-hydrogen) atoms. The summed E-state index contributed by atoms with van der Waals surface area (Å²) in [6, 6.07) is 9.74. The number of rotatable bonds is 3. The molecular weight excluding hydrogens is 287 g/mol. The molecule has 1 saturated heterocycles. The zero-order valence-electron chi connectivity index (χ0n) is 14.1. The van der Waals surface area contributed by atoms with Gasteiger partial charge in [0.15, 0.2) is 0 Å². The molecule has 1 fully saturated rings. The fraction of sp³-hybridized carbons (Fsp3) is 0.350. The molecule has 3 rings (SSSR count). The van der Waals surface area contributed by atoms with E-state index in [-0.39, 0.29) is 5.82 Å². The van der Waals surface area contributed by atoms with Gasteiger partial charge in [-0.15, -0.1) is 0 Å². The SMILES string of the molecule is Cc1ccc(C)c(N=Cc2cc(F)c(N3CCCC3)cc2C)c1. The van der Waals surface area contributed by atoms with Crippen LogP contribution < -0.4 is 4.90 Å². The van der Waals surface area contributed by atoms with E-state index in [1.54, 1.807) is 12.3 Å². The second kappa shape index (κ2) is 6.53. The van der Waals surface area contributed by atoms with E-state index in [2.05, 4.69) is 28.1 Å². The van der Waals surface area contributed by atoms with E-state index in [1.165, 1.54) is 5.56 Å². The van der Waals surface area contributed by atoms with E-state index in [4.69, 9.17) is 0 Å². The van der Waals surface area contributed by atoms with Crippen LogP contribution in [0, 0.1) is 26.6 Å². The molecule has 2 nitrogen and oxygen atoms in total. The van der Waals surface area contributed by atoms with E-state index >= 15 is 0 Å². The fourth-order valence-electron chi connectivity index (χ4n) is 3.02. The first-order valence-corrected chi connectivity index (χ1v) is 8.21. The largest absolute Gasteiger partial charge is 0.369 e. The second-order valence-electron chi connectivity index (χ2n) is 6.40. The molecule has 2 aromatic carbocycles. The zero-order chi connectivity index (χ0) is 16.4. The predicted octanol–water partition coefficient (Wildman–Crippen LogP) is 5.10. The van der Waals surface area contributed by atoms with Gasteiger partial charge in [-0.2, -0.15) is 0 Å². The molecule has 0 unspecified atom stereocenters. The molecule has 0 aromatic heterocycles. The molecule has 0 amide bonds. The highest BCUT2D eigenvalue weighted by molar-refractivity contribution is 5.85. The molecule has 120 valence electrons. The van der Waals surface area contributed by atoms with Crippen LogP contribution in [0.3, 0.4) is 0 Å². The first kappa shape index (κ1) is 15.7. The van der Waals surface area contributed by atoms with E-state index in [9.17, 15) is 4.39 Å². The van der Waals surface area contributed by atoms with Crippen molar-refractivity contribution in [1.82, 2.24) is 0 Å². The Morgan fingerprint density at radius 2 is 1.74 bits per heavy atom. The number of nitrogens with zero attached hydrogens (tertiary/aromatic N) is 2. The summed E-state index contributed by atoms with van der Waals surface area (Å²) in [7, 11) is 0. The highest BCUT2D eigenvalue weighted by atomic mass is 19.1. The van der Waals surface area contributed by atoms with Gasteiger partial charge < -0.3 is 4.90 Å². The summed E-state index contributed by atoms with van der Waals surface area (Å²) in [4.78, 5) is 6.69. The molecule has 0 saturated carbocycles. The van der Waals surface area contributed by atoms with E-state index in [1.807, 2.05) is 26.8 Å². The van der Waals surface area contributed by atoms with Crippen molar-refractivity contribution in [1.29, 1.82) is 0 Å². The minimum Gasteiger partial charge on any atom is -0.369 e. The number of anilines is 1. The maximum Gasteiger partial charge on any atom is 0.147 e. The number of hydrogen-bond donors (Lipinski definition) is 0. The van der Waals surface area contributed by atoms with E-state index in [0.29, 0.717) is 0 Å². The predicted molar refractivity (Wildman–Crippen MR) is 95.8 cm³/mol. The smallest absolute Gasteiger partial charge is 0.147 e. The van der Waals surface area contributed by atoms with Gasteiger partial charge in [-0.1, -0.05) is 12.1 Å². The Balaban J connectivity index is 1.89. The highest BCUT2D eigenvalue weighted by Crippen LogP contribution is 2.27. The van der Waals surface area contributed by atoms with Crippen LogP contribution in [-0.2, 0) is 0 Å². The number of aryl methyl sites for hydroxylation is 3. The van der Waals surface area contributed by atoms with Crippen molar-refractivity contribution in [3.05, 3.63) is 58.4 Å². The van der Waals surface area contributed by atoms with Crippen LogP contribution in [0.15, 0.2) is 35.3 Å². The minimum atomic E-state index is -0.153. The highest BCUT2D eigenvalue weighted by Gasteiger charge is 2.17. The first-order chi connectivity index (χ1) is 11.0. The van der Waals surface area contributed by atoms with E-state index in [0.717, 1.165) is 54.0 Å².